The molecule has 1 N–H and O–H groups in total. The highest BCUT2D eigenvalue weighted by Gasteiger charge is 2.32. The molecule has 0 spiro atoms. The maximum atomic E-state index is 13.4. The molecule has 0 saturated heterocycles. The van der Waals surface area contributed by atoms with E-state index < -0.39 is 28.5 Å². The van der Waals surface area contributed by atoms with Crippen molar-refractivity contribution in [2.24, 2.45) is 0 Å². The maximum Gasteiger partial charge on any atom is 0.244 e. The summed E-state index contributed by atoms with van der Waals surface area (Å²) in [6.07, 6.45) is 1.35. The molecule has 1 atom stereocenters. The fourth-order valence-corrected chi connectivity index (χ4v) is 4.89. The van der Waals surface area contributed by atoms with Crippen molar-refractivity contribution in [1.29, 1.82) is 0 Å². The van der Waals surface area contributed by atoms with Gasteiger partial charge in [-0.3, -0.25) is 13.9 Å². The van der Waals surface area contributed by atoms with Gasteiger partial charge < -0.3 is 10.2 Å². The number of benzene rings is 2. The van der Waals surface area contributed by atoms with E-state index in [0.717, 1.165) is 14.1 Å². The highest BCUT2D eigenvalue weighted by Crippen LogP contribution is 2.27. The smallest absolute Gasteiger partial charge is 0.244 e. The largest absolute Gasteiger partial charge is 0.357 e. The summed E-state index contributed by atoms with van der Waals surface area (Å²) in [6, 6.07) is 10.9. The lowest BCUT2D eigenvalue weighted by Gasteiger charge is -2.33. The number of nitrogens with one attached hydrogen (secondary N) is 1. The third-order valence-corrected chi connectivity index (χ3v) is 7.38. The van der Waals surface area contributed by atoms with E-state index >= 15 is 0 Å². The molecule has 2 rings (SSSR count). The molecule has 11 heteroatoms. The Balaban J connectivity index is 2.47. The van der Waals surface area contributed by atoms with E-state index in [9.17, 15) is 18.0 Å². The van der Waals surface area contributed by atoms with Gasteiger partial charge >= 0.3 is 0 Å². The van der Waals surface area contributed by atoms with E-state index in [1.54, 1.807) is 49.4 Å². The zero-order chi connectivity index (χ0) is 24.1. The normalized spacial score (nSPS) is 12.2. The summed E-state index contributed by atoms with van der Waals surface area (Å²) in [5.41, 5.74) is 0.830. The Labute approximate surface area is 212 Å². The number of hydrogen-bond donors (Lipinski definition) is 1. The summed E-state index contributed by atoms with van der Waals surface area (Å²) in [5.74, 6) is -0.926. The van der Waals surface area contributed by atoms with Crippen LogP contribution in [-0.4, -0.2) is 51.0 Å². The second-order valence-corrected chi connectivity index (χ2v) is 11.0. The molecule has 0 saturated carbocycles. The van der Waals surface area contributed by atoms with Crippen LogP contribution in [0.15, 0.2) is 42.5 Å². The number of nitrogens with zero attached hydrogens (tertiary/aromatic N) is 2. The predicted molar refractivity (Wildman–Crippen MR) is 137 cm³/mol. The number of halogens is 3. The maximum absolute atomic E-state index is 13.4. The molecule has 0 bridgehead atoms. The van der Waals surface area contributed by atoms with E-state index in [2.05, 4.69) is 27.9 Å². The van der Waals surface area contributed by atoms with Crippen LogP contribution in [0.4, 0.5) is 5.69 Å². The Morgan fingerprint density at radius 1 is 1.09 bits per heavy atom. The van der Waals surface area contributed by atoms with Crippen molar-refractivity contribution in [3.05, 3.63) is 61.6 Å². The molecule has 0 aliphatic heterocycles. The Kier molecular flexibility index (Phi) is 9.62. The van der Waals surface area contributed by atoms with Gasteiger partial charge in [-0.2, -0.15) is 0 Å². The van der Waals surface area contributed by atoms with Crippen molar-refractivity contribution in [2.45, 2.75) is 25.9 Å². The highest BCUT2D eigenvalue weighted by molar-refractivity contribution is 14.1. The van der Waals surface area contributed by atoms with Gasteiger partial charge in [0.05, 0.1) is 11.9 Å². The number of rotatable bonds is 9. The summed E-state index contributed by atoms with van der Waals surface area (Å²) >= 11 is 14.7. The number of likely N-dealkylation sites (N-methyl/N-ethyl adjacent to an activating group) is 1. The van der Waals surface area contributed by atoms with Gasteiger partial charge in [-0.15, -0.1) is 0 Å². The number of hydrogen-bond acceptors (Lipinski definition) is 4. The Morgan fingerprint density at radius 2 is 1.66 bits per heavy atom. The van der Waals surface area contributed by atoms with Gasteiger partial charge in [-0.25, -0.2) is 8.42 Å². The minimum atomic E-state index is -3.78. The lowest BCUT2D eigenvalue weighted by molar-refractivity contribution is -0.140. The van der Waals surface area contributed by atoms with Gasteiger partial charge in [0.25, 0.3) is 0 Å². The van der Waals surface area contributed by atoms with Gasteiger partial charge in [-0.1, -0.05) is 36.2 Å². The van der Waals surface area contributed by atoms with Crippen LogP contribution in [-0.2, 0) is 26.2 Å². The van der Waals surface area contributed by atoms with E-state index in [1.165, 1.54) is 11.9 Å². The van der Waals surface area contributed by atoms with Gasteiger partial charge in [0.15, 0.2) is 0 Å². The average molecular weight is 612 g/mol. The first kappa shape index (κ1) is 26.7. The number of sulfonamides is 1. The third kappa shape index (κ3) is 6.72. The number of amides is 2. The lowest BCUT2D eigenvalue weighted by atomic mass is 10.1. The van der Waals surface area contributed by atoms with Crippen LogP contribution >= 0.6 is 45.8 Å². The molecular weight excluding hydrogens is 588 g/mol. The fraction of sp³-hybridized carbons (Fsp3) is 0.333. The quantitative estimate of drug-likeness (QED) is 0.436. The van der Waals surface area contributed by atoms with Crippen molar-refractivity contribution in [1.82, 2.24) is 10.2 Å². The molecule has 2 aromatic carbocycles. The Morgan fingerprint density at radius 3 is 2.12 bits per heavy atom. The molecule has 2 aromatic rings. The van der Waals surface area contributed by atoms with Crippen molar-refractivity contribution < 1.29 is 18.0 Å². The zero-order valence-electron chi connectivity index (χ0n) is 17.8. The molecule has 7 nitrogen and oxygen atoms in total. The summed E-state index contributed by atoms with van der Waals surface area (Å²) in [7, 11) is -2.30. The first-order valence-corrected chi connectivity index (χ1v) is 13.3. The van der Waals surface area contributed by atoms with Crippen molar-refractivity contribution in [2.75, 3.05) is 24.2 Å². The molecule has 2 amide bonds. The number of carbonyl (C=O) groups excluding carboxylic acids is 2. The molecule has 0 unspecified atom stereocenters. The van der Waals surface area contributed by atoms with Crippen LogP contribution in [0.25, 0.3) is 0 Å². The Hall–Kier alpha value is -1.56. The molecule has 0 aliphatic rings. The second kappa shape index (κ2) is 11.5. The van der Waals surface area contributed by atoms with E-state index in [4.69, 9.17) is 23.2 Å². The molecule has 0 aromatic heterocycles. The molecular formula is C21H24Cl2IN3O4S. The van der Waals surface area contributed by atoms with Gasteiger partial charge in [0, 0.05) is 32.8 Å². The summed E-state index contributed by atoms with van der Waals surface area (Å²) in [6.45, 7) is 1.24. The summed E-state index contributed by atoms with van der Waals surface area (Å²) in [5, 5.41) is 3.25. The fourth-order valence-electron chi connectivity index (χ4n) is 3.16. The average Bonchev–Trinajstić information content (AvgIpc) is 2.73. The lowest BCUT2D eigenvalue weighted by Crippen LogP contribution is -2.51. The van der Waals surface area contributed by atoms with Crippen LogP contribution in [0.2, 0.25) is 10.0 Å². The molecule has 0 aliphatic carbocycles. The second-order valence-electron chi connectivity index (χ2n) is 7.01. The molecule has 174 valence electrons. The van der Waals surface area contributed by atoms with Crippen LogP contribution in [0.1, 0.15) is 18.9 Å². The molecule has 32 heavy (non-hydrogen) atoms. The number of carbonyl (C=O) groups is 2. The Bertz CT molecular complexity index is 1060. The topological polar surface area (TPSA) is 86.8 Å². The molecule has 0 radical (unpaired) electrons. The van der Waals surface area contributed by atoms with Gasteiger partial charge in [0.2, 0.25) is 21.8 Å². The van der Waals surface area contributed by atoms with Crippen molar-refractivity contribution in [3.63, 3.8) is 0 Å². The minimum Gasteiger partial charge on any atom is -0.357 e. The van der Waals surface area contributed by atoms with Gasteiger partial charge in [0.1, 0.15) is 12.6 Å². The van der Waals surface area contributed by atoms with Crippen molar-refractivity contribution in [3.8, 4) is 0 Å². The molecule has 0 heterocycles. The number of anilines is 1. The van der Waals surface area contributed by atoms with Crippen LogP contribution in [0, 0.1) is 3.57 Å². The van der Waals surface area contributed by atoms with Gasteiger partial charge in [-0.05, 0) is 65.4 Å². The van der Waals surface area contributed by atoms with Crippen LogP contribution in [0.3, 0.4) is 0 Å². The van der Waals surface area contributed by atoms with Crippen molar-refractivity contribution >= 4 is 73.3 Å². The molecule has 0 fully saturated rings. The predicted octanol–water partition coefficient (Wildman–Crippen LogP) is 3.92. The first-order chi connectivity index (χ1) is 15.0. The van der Waals surface area contributed by atoms with Crippen LogP contribution < -0.4 is 9.62 Å². The van der Waals surface area contributed by atoms with E-state index in [0.29, 0.717) is 27.7 Å². The summed E-state index contributed by atoms with van der Waals surface area (Å²) in [4.78, 5) is 27.3. The first-order valence-electron chi connectivity index (χ1n) is 9.66. The highest BCUT2D eigenvalue weighted by atomic mass is 127. The monoisotopic (exact) mass is 611 g/mol. The zero-order valence-corrected chi connectivity index (χ0v) is 22.3. The minimum absolute atomic E-state index is 0.0481. The van der Waals surface area contributed by atoms with E-state index in [-0.39, 0.29) is 12.5 Å². The third-order valence-electron chi connectivity index (χ3n) is 4.82. The van der Waals surface area contributed by atoms with Crippen LogP contribution in [0.5, 0.6) is 0 Å². The van der Waals surface area contributed by atoms with E-state index in [1.807, 2.05) is 0 Å². The summed E-state index contributed by atoms with van der Waals surface area (Å²) < 4.78 is 26.9. The SMILES string of the molecule is CC[C@@H](C(=O)NC)N(Cc1c(Cl)cccc1Cl)C(=O)CN(c1ccc(I)cc1)S(C)(=O)=O. The standard InChI is InChI=1S/C21H24Cl2IN3O4S/c1-4-19(21(29)25-2)26(12-16-17(22)6-5-7-18(16)23)20(28)13-27(32(3,30)31)15-10-8-14(24)9-11-15/h5-11,19H,4,12-13H2,1-3H3,(H,25,29)/t19-/m0/s1.